The van der Waals surface area contributed by atoms with Crippen LogP contribution in [0.5, 0.6) is 0 Å². The molecule has 0 unspecified atom stereocenters. The molecule has 2 N–H and O–H groups in total. The number of rotatable bonds is 5. The smallest absolute Gasteiger partial charge is 0.191 e. The highest BCUT2D eigenvalue weighted by atomic mass is 15.2. The van der Waals surface area contributed by atoms with Crippen molar-refractivity contribution in [3.05, 3.63) is 0 Å². The summed E-state index contributed by atoms with van der Waals surface area (Å²) in [5, 5.41) is 6.74. The predicted molar refractivity (Wildman–Crippen MR) is 88.4 cm³/mol. The van der Waals surface area contributed by atoms with E-state index in [1.165, 1.54) is 32.1 Å². The van der Waals surface area contributed by atoms with E-state index in [9.17, 15) is 0 Å². The Balaban J connectivity index is 2.38. The monoisotopic (exact) mass is 282 g/mol. The molecule has 1 fully saturated rings. The molecular formula is C16H34N4. The van der Waals surface area contributed by atoms with Crippen LogP contribution in [-0.2, 0) is 0 Å². The van der Waals surface area contributed by atoms with Gasteiger partial charge in [-0.3, -0.25) is 4.99 Å². The van der Waals surface area contributed by atoms with Crippen LogP contribution in [0.1, 0.15) is 59.8 Å². The molecule has 0 radical (unpaired) electrons. The second kappa shape index (κ2) is 8.50. The highest BCUT2D eigenvalue weighted by Crippen LogP contribution is 2.21. The van der Waals surface area contributed by atoms with Gasteiger partial charge in [-0.25, -0.2) is 0 Å². The molecule has 4 heteroatoms. The van der Waals surface area contributed by atoms with Gasteiger partial charge in [-0.15, -0.1) is 0 Å². The van der Waals surface area contributed by atoms with Crippen molar-refractivity contribution in [3.8, 4) is 0 Å². The Hall–Kier alpha value is -0.770. The standard InChI is InChI=1S/C16H34N4/c1-6-17-15(19-16(2,3)4)18-12-13-20(5)14-10-8-7-9-11-14/h14H,6-13H2,1-5H3,(H2,17,18,19). The molecule has 0 saturated heterocycles. The second-order valence-electron chi connectivity index (χ2n) is 6.91. The van der Waals surface area contributed by atoms with Crippen LogP contribution < -0.4 is 10.6 Å². The van der Waals surface area contributed by atoms with E-state index in [4.69, 9.17) is 0 Å². The molecule has 0 heterocycles. The lowest BCUT2D eigenvalue weighted by molar-refractivity contribution is 0.196. The van der Waals surface area contributed by atoms with Gasteiger partial charge in [0.1, 0.15) is 0 Å². The molecule has 0 bridgehead atoms. The SMILES string of the molecule is CCNC(=NCCN(C)C1CCCCC1)NC(C)(C)C. The maximum atomic E-state index is 4.69. The number of likely N-dealkylation sites (N-methyl/N-ethyl adjacent to an activating group) is 1. The first-order valence-electron chi connectivity index (χ1n) is 8.19. The lowest BCUT2D eigenvalue weighted by atomic mass is 9.94. The van der Waals surface area contributed by atoms with E-state index in [1.807, 2.05) is 0 Å². The summed E-state index contributed by atoms with van der Waals surface area (Å²) in [6.07, 6.45) is 6.93. The summed E-state index contributed by atoms with van der Waals surface area (Å²) in [7, 11) is 2.25. The molecular weight excluding hydrogens is 248 g/mol. The van der Waals surface area contributed by atoms with Crippen LogP contribution in [-0.4, -0.2) is 49.1 Å². The molecule has 0 spiro atoms. The molecule has 4 nitrogen and oxygen atoms in total. The van der Waals surface area contributed by atoms with Crippen molar-refractivity contribution in [1.29, 1.82) is 0 Å². The van der Waals surface area contributed by atoms with Crippen molar-refractivity contribution in [2.24, 2.45) is 4.99 Å². The molecule has 0 aliphatic heterocycles. The molecule has 1 saturated carbocycles. The first-order chi connectivity index (χ1) is 9.42. The molecule has 1 aliphatic carbocycles. The molecule has 1 rings (SSSR count). The third-order valence-corrected chi connectivity index (χ3v) is 3.76. The van der Waals surface area contributed by atoms with Crippen molar-refractivity contribution < 1.29 is 0 Å². The second-order valence-corrected chi connectivity index (χ2v) is 6.91. The summed E-state index contributed by atoms with van der Waals surface area (Å²) in [4.78, 5) is 7.18. The molecule has 0 amide bonds. The molecule has 0 aromatic heterocycles. The van der Waals surface area contributed by atoms with Gasteiger partial charge in [0, 0.05) is 24.7 Å². The lowest BCUT2D eigenvalue weighted by Crippen LogP contribution is -2.48. The number of guanidine groups is 1. The van der Waals surface area contributed by atoms with E-state index in [0.717, 1.165) is 31.6 Å². The zero-order valence-corrected chi connectivity index (χ0v) is 14.1. The number of aliphatic imine (C=N–C) groups is 1. The fraction of sp³-hybridized carbons (Fsp3) is 0.938. The van der Waals surface area contributed by atoms with Crippen LogP contribution in [0.25, 0.3) is 0 Å². The van der Waals surface area contributed by atoms with Crippen LogP contribution in [0.15, 0.2) is 4.99 Å². The van der Waals surface area contributed by atoms with Gasteiger partial charge < -0.3 is 15.5 Å². The first-order valence-corrected chi connectivity index (χ1v) is 8.19. The first kappa shape index (κ1) is 17.3. The number of hydrogen-bond donors (Lipinski definition) is 2. The van der Waals surface area contributed by atoms with Gasteiger partial charge in [0.2, 0.25) is 0 Å². The van der Waals surface area contributed by atoms with Gasteiger partial charge in [0.15, 0.2) is 5.96 Å². The van der Waals surface area contributed by atoms with Crippen molar-refractivity contribution in [2.75, 3.05) is 26.7 Å². The minimum absolute atomic E-state index is 0.0519. The largest absolute Gasteiger partial charge is 0.357 e. The third kappa shape index (κ3) is 7.13. The van der Waals surface area contributed by atoms with Gasteiger partial charge in [0.05, 0.1) is 6.54 Å². The van der Waals surface area contributed by atoms with Crippen molar-refractivity contribution in [3.63, 3.8) is 0 Å². The molecule has 1 aliphatic rings. The highest BCUT2D eigenvalue weighted by Gasteiger charge is 2.17. The summed E-state index contributed by atoms with van der Waals surface area (Å²) >= 11 is 0. The van der Waals surface area contributed by atoms with E-state index in [0.29, 0.717) is 0 Å². The zero-order valence-electron chi connectivity index (χ0n) is 14.1. The Morgan fingerprint density at radius 3 is 2.40 bits per heavy atom. The number of hydrogen-bond acceptors (Lipinski definition) is 2. The maximum absolute atomic E-state index is 4.69. The molecule has 20 heavy (non-hydrogen) atoms. The van der Waals surface area contributed by atoms with Crippen molar-refractivity contribution in [2.45, 2.75) is 71.4 Å². The van der Waals surface area contributed by atoms with Crippen molar-refractivity contribution in [1.82, 2.24) is 15.5 Å². The summed E-state index contributed by atoms with van der Waals surface area (Å²) in [6.45, 7) is 11.4. The van der Waals surface area contributed by atoms with Crippen LogP contribution in [0, 0.1) is 0 Å². The highest BCUT2D eigenvalue weighted by molar-refractivity contribution is 5.80. The van der Waals surface area contributed by atoms with Gasteiger partial charge in [0.25, 0.3) is 0 Å². The van der Waals surface area contributed by atoms with Crippen molar-refractivity contribution >= 4 is 5.96 Å². The third-order valence-electron chi connectivity index (χ3n) is 3.76. The zero-order chi connectivity index (χ0) is 15.0. The normalized spacial score (nSPS) is 18.4. The van der Waals surface area contributed by atoms with Crippen LogP contribution in [0.3, 0.4) is 0 Å². The quantitative estimate of drug-likeness (QED) is 0.601. The fourth-order valence-electron chi connectivity index (χ4n) is 2.69. The molecule has 0 aromatic carbocycles. The van der Waals surface area contributed by atoms with E-state index in [1.54, 1.807) is 0 Å². The Kier molecular flexibility index (Phi) is 7.35. The van der Waals surface area contributed by atoms with Crippen LogP contribution in [0.4, 0.5) is 0 Å². The van der Waals surface area contributed by atoms with Gasteiger partial charge in [-0.05, 0) is 47.6 Å². The minimum Gasteiger partial charge on any atom is -0.357 e. The molecule has 0 atom stereocenters. The molecule has 0 aromatic rings. The maximum Gasteiger partial charge on any atom is 0.191 e. The Morgan fingerprint density at radius 2 is 1.85 bits per heavy atom. The summed E-state index contributed by atoms with van der Waals surface area (Å²) in [6, 6.07) is 0.775. The number of nitrogens with zero attached hydrogens (tertiary/aromatic N) is 2. The van der Waals surface area contributed by atoms with Gasteiger partial charge in [-0.1, -0.05) is 19.3 Å². The fourth-order valence-corrected chi connectivity index (χ4v) is 2.69. The average molecular weight is 282 g/mol. The Morgan fingerprint density at radius 1 is 1.20 bits per heavy atom. The molecule has 118 valence electrons. The average Bonchev–Trinajstić information content (AvgIpc) is 2.38. The lowest BCUT2D eigenvalue weighted by Gasteiger charge is -2.30. The minimum atomic E-state index is 0.0519. The van der Waals surface area contributed by atoms with E-state index in [2.05, 4.69) is 55.3 Å². The van der Waals surface area contributed by atoms with Gasteiger partial charge in [-0.2, -0.15) is 0 Å². The predicted octanol–water partition coefficient (Wildman–Crippen LogP) is 2.60. The van der Waals surface area contributed by atoms with Crippen LogP contribution >= 0.6 is 0 Å². The van der Waals surface area contributed by atoms with Crippen LogP contribution in [0.2, 0.25) is 0 Å². The topological polar surface area (TPSA) is 39.7 Å². The van der Waals surface area contributed by atoms with E-state index in [-0.39, 0.29) is 5.54 Å². The summed E-state index contributed by atoms with van der Waals surface area (Å²) < 4.78 is 0. The summed E-state index contributed by atoms with van der Waals surface area (Å²) in [5.41, 5.74) is 0.0519. The van der Waals surface area contributed by atoms with E-state index >= 15 is 0 Å². The number of nitrogens with one attached hydrogen (secondary N) is 2. The Labute approximate surface area is 125 Å². The van der Waals surface area contributed by atoms with E-state index < -0.39 is 0 Å². The van der Waals surface area contributed by atoms with Gasteiger partial charge >= 0.3 is 0 Å². The Bertz CT molecular complexity index is 287. The summed E-state index contributed by atoms with van der Waals surface area (Å²) in [5.74, 6) is 0.928.